The SMILES string of the molecule is COc1cc(F)c(Nc2cc(F)ccc2N)cc1F. The highest BCUT2D eigenvalue weighted by Crippen LogP contribution is 2.29. The average Bonchev–Trinajstić information content (AvgIpc) is 2.37. The van der Waals surface area contributed by atoms with Crippen LogP contribution in [-0.2, 0) is 0 Å². The van der Waals surface area contributed by atoms with E-state index in [1.54, 1.807) is 0 Å². The fourth-order valence-corrected chi connectivity index (χ4v) is 1.56. The summed E-state index contributed by atoms with van der Waals surface area (Å²) in [4.78, 5) is 0. The second-order valence-corrected chi connectivity index (χ2v) is 3.82. The van der Waals surface area contributed by atoms with Crippen LogP contribution in [0, 0.1) is 17.5 Å². The Labute approximate surface area is 107 Å². The fourth-order valence-electron chi connectivity index (χ4n) is 1.56. The van der Waals surface area contributed by atoms with Crippen molar-refractivity contribution < 1.29 is 17.9 Å². The highest BCUT2D eigenvalue weighted by atomic mass is 19.1. The van der Waals surface area contributed by atoms with E-state index in [4.69, 9.17) is 5.73 Å². The summed E-state index contributed by atoms with van der Waals surface area (Å²) in [5, 5.41) is 2.54. The lowest BCUT2D eigenvalue weighted by atomic mass is 10.2. The van der Waals surface area contributed by atoms with Gasteiger partial charge in [0.05, 0.1) is 24.2 Å². The molecule has 0 unspecified atom stereocenters. The van der Waals surface area contributed by atoms with Crippen molar-refractivity contribution in [3.8, 4) is 5.75 Å². The molecule has 0 aliphatic rings. The van der Waals surface area contributed by atoms with E-state index in [0.29, 0.717) is 0 Å². The van der Waals surface area contributed by atoms with Crippen molar-refractivity contribution in [1.29, 1.82) is 0 Å². The van der Waals surface area contributed by atoms with Crippen LogP contribution in [0.3, 0.4) is 0 Å². The molecule has 0 atom stereocenters. The summed E-state index contributed by atoms with van der Waals surface area (Å²) >= 11 is 0. The summed E-state index contributed by atoms with van der Waals surface area (Å²) in [7, 11) is 1.23. The summed E-state index contributed by atoms with van der Waals surface area (Å²) in [6, 6.07) is 5.41. The molecule has 0 saturated carbocycles. The predicted molar refractivity (Wildman–Crippen MR) is 67.0 cm³/mol. The minimum atomic E-state index is -0.735. The van der Waals surface area contributed by atoms with Gasteiger partial charge in [0.2, 0.25) is 0 Å². The Hall–Kier alpha value is -2.37. The van der Waals surface area contributed by atoms with Crippen molar-refractivity contribution in [2.45, 2.75) is 0 Å². The molecule has 3 nitrogen and oxygen atoms in total. The highest BCUT2D eigenvalue weighted by Gasteiger charge is 2.11. The first-order valence-electron chi connectivity index (χ1n) is 5.36. The topological polar surface area (TPSA) is 47.3 Å². The molecule has 0 bridgehead atoms. The molecule has 0 heterocycles. The van der Waals surface area contributed by atoms with E-state index in [9.17, 15) is 13.2 Å². The number of halogens is 3. The zero-order chi connectivity index (χ0) is 14.0. The molecule has 0 spiro atoms. The zero-order valence-corrected chi connectivity index (χ0v) is 10.0. The molecule has 0 saturated heterocycles. The van der Waals surface area contributed by atoms with Crippen LogP contribution in [0.25, 0.3) is 0 Å². The Morgan fingerprint density at radius 2 is 1.74 bits per heavy atom. The molecule has 0 radical (unpaired) electrons. The smallest absolute Gasteiger partial charge is 0.167 e. The van der Waals surface area contributed by atoms with Crippen LogP contribution in [-0.4, -0.2) is 7.11 Å². The van der Waals surface area contributed by atoms with Crippen molar-refractivity contribution in [3.05, 3.63) is 47.8 Å². The van der Waals surface area contributed by atoms with Gasteiger partial charge in [-0.3, -0.25) is 0 Å². The van der Waals surface area contributed by atoms with Gasteiger partial charge in [0, 0.05) is 12.1 Å². The van der Waals surface area contributed by atoms with Gasteiger partial charge in [-0.1, -0.05) is 0 Å². The molecule has 0 amide bonds. The molecule has 0 aliphatic heterocycles. The summed E-state index contributed by atoms with van der Waals surface area (Å²) < 4.78 is 44.9. The lowest BCUT2D eigenvalue weighted by Gasteiger charge is -2.11. The third kappa shape index (κ3) is 2.73. The van der Waals surface area contributed by atoms with Gasteiger partial charge >= 0.3 is 0 Å². The van der Waals surface area contributed by atoms with Crippen molar-refractivity contribution in [2.24, 2.45) is 0 Å². The van der Waals surface area contributed by atoms with Crippen molar-refractivity contribution in [3.63, 3.8) is 0 Å². The van der Waals surface area contributed by atoms with Gasteiger partial charge in [-0.05, 0) is 18.2 Å². The van der Waals surface area contributed by atoms with Gasteiger partial charge in [-0.15, -0.1) is 0 Å². The van der Waals surface area contributed by atoms with Gasteiger partial charge in [0.25, 0.3) is 0 Å². The fraction of sp³-hybridized carbons (Fsp3) is 0.0769. The summed E-state index contributed by atoms with van der Waals surface area (Å²) in [5.41, 5.74) is 5.83. The first-order valence-corrected chi connectivity index (χ1v) is 5.36. The quantitative estimate of drug-likeness (QED) is 0.838. The molecule has 0 fully saturated rings. The number of methoxy groups -OCH3 is 1. The Bertz CT molecular complexity index is 617. The lowest BCUT2D eigenvalue weighted by Crippen LogP contribution is -2.00. The number of anilines is 3. The molecule has 0 aromatic heterocycles. The molecule has 19 heavy (non-hydrogen) atoms. The molecule has 0 aliphatic carbocycles. The molecule has 3 N–H and O–H groups in total. The first kappa shape index (κ1) is 13.1. The Kier molecular flexibility index (Phi) is 3.50. The van der Waals surface area contributed by atoms with Crippen LogP contribution < -0.4 is 15.8 Å². The van der Waals surface area contributed by atoms with Crippen LogP contribution in [0.4, 0.5) is 30.2 Å². The normalized spacial score (nSPS) is 10.3. The predicted octanol–water partition coefficient (Wildman–Crippen LogP) is 3.44. The van der Waals surface area contributed by atoms with E-state index in [1.165, 1.54) is 19.2 Å². The number of nitrogens with two attached hydrogens (primary N) is 1. The van der Waals surface area contributed by atoms with Gasteiger partial charge in [0.1, 0.15) is 5.82 Å². The second kappa shape index (κ2) is 5.09. The zero-order valence-electron chi connectivity index (χ0n) is 10.0. The van der Waals surface area contributed by atoms with E-state index in [-0.39, 0.29) is 22.8 Å². The number of hydrogen-bond donors (Lipinski definition) is 2. The Balaban J connectivity index is 2.38. The minimum absolute atomic E-state index is 0.156. The molecule has 2 rings (SSSR count). The third-order valence-corrected chi connectivity index (χ3v) is 2.53. The van der Waals surface area contributed by atoms with Crippen LogP contribution in [0.5, 0.6) is 5.75 Å². The van der Waals surface area contributed by atoms with Crippen molar-refractivity contribution >= 4 is 17.1 Å². The van der Waals surface area contributed by atoms with Crippen LogP contribution in [0.2, 0.25) is 0 Å². The number of nitrogen functional groups attached to an aromatic ring is 1. The summed E-state index contributed by atoms with van der Waals surface area (Å²) in [6.07, 6.45) is 0. The third-order valence-electron chi connectivity index (χ3n) is 2.53. The molecular formula is C13H11F3N2O. The van der Waals surface area contributed by atoms with Gasteiger partial charge in [-0.25, -0.2) is 13.2 Å². The van der Waals surface area contributed by atoms with Crippen molar-refractivity contribution in [2.75, 3.05) is 18.2 Å². The van der Waals surface area contributed by atoms with E-state index in [1.807, 2.05) is 0 Å². The summed E-state index contributed by atoms with van der Waals surface area (Å²) in [5.74, 6) is -2.22. The Morgan fingerprint density at radius 3 is 2.42 bits per heavy atom. The highest BCUT2D eigenvalue weighted by molar-refractivity contribution is 5.73. The number of ether oxygens (including phenoxy) is 1. The monoisotopic (exact) mass is 268 g/mol. The van der Waals surface area contributed by atoms with E-state index < -0.39 is 17.5 Å². The largest absolute Gasteiger partial charge is 0.494 e. The number of benzene rings is 2. The van der Waals surface area contributed by atoms with Crippen LogP contribution in [0.15, 0.2) is 30.3 Å². The van der Waals surface area contributed by atoms with Crippen LogP contribution >= 0.6 is 0 Å². The lowest BCUT2D eigenvalue weighted by molar-refractivity contribution is 0.383. The maximum absolute atomic E-state index is 13.7. The number of hydrogen-bond acceptors (Lipinski definition) is 3. The van der Waals surface area contributed by atoms with E-state index in [0.717, 1.165) is 18.2 Å². The molecule has 6 heteroatoms. The van der Waals surface area contributed by atoms with Gasteiger partial charge in [-0.2, -0.15) is 0 Å². The molecule has 2 aromatic carbocycles. The maximum atomic E-state index is 13.7. The molecule has 2 aromatic rings. The Morgan fingerprint density at radius 1 is 1.00 bits per heavy atom. The second-order valence-electron chi connectivity index (χ2n) is 3.82. The standard InChI is InChI=1S/C13H11F3N2O/c1-19-13-6-8(15)11(5-9(13)16)18-12-4-7(14)2-3-10(12)17/h2-6,18H,17H2,1H3. The average molecular weight is 268 g/mol. The van der Waals surface area contributed by atoms with E-state index >= 15 is 0 Å². The van der Waals surface area contributed by atoms with Crippen LogP contribution in [0.1, 0.15) is 0 Å². The van der Waals surface area contributed by atoms with Gasteiger partial charge < -0.3 is 15.8 Å². The molecular weight excluding hydrogens is 257 g/mol. The first-order chi connectivity index (χ1) is 9.01. The minimum Gasteiger partial charge on any atom is -0.494 e. The molecule has 100 valence electrons. The van der Waals surface area contributed by atoms with Crippen molar-refractivity contribution in [1.82, 2.24) is 0 Å². The number of rotatable bonds is 3. The van der Waals surface area contributed by atoms with Gasteiger partial charge in [0.15, 0.2) is 17.4 Å². The maximum Gasteiger partial charge on any atom is 0.167 e. The number of nitrogens with one attached hydrogen (secondary N) is 1. The van der Waals surface area contributed by atoms with E-state index in [2.05, 4.69) is 10.1 Å². The summed E-state index contributed by atoms with van der Waals surface area (Å²) in [6.45, 7) is 0.